The van der Waals surface area contributed by atoms with Crippen LogP contribution in [0.15, 0.2) is 53.4 Å². The van der Waals surface area contributed by atoms with Gasteiger partial charge in [0.2, 0.25) is 10.0 Å². The van der Waals surface area contributed by atoms with E-state index in [1.807, 2.05) is 37.3 Å². The zero-order valence-corrected chi connectivity index (χ0v) is 15.5. The second-order valence-electron chi connectivity index (χ2n) is 6.83. The molecule has 5 nitrogen and oxygen atoms in total. The van der Waals surface area contributed by atoms with Crippen LogP contribution >= 0.6 is 0 Å². The molecule has 0 bridgehead atoms. The van der Waals surface area contributed by atoms with E-state index in [9.17, 15) is 13.2 Å². The summed E-state index contributed by atoms with van der Waals surface area (Å²) in [6.45, 7) is 2.70. The minimum Gasteiger partial charge on any atom is -0.450 e. The number of hydrogen-bond donors (Lipinski definition) is 0. The quantitative estimate of drug-likeness (QED) is 0.778. The van der Waals surface area contributed by atoms with Crippen molar-refractivity contribution < 1.29 is 17.9 Å². The zero-order chi connectivity index (χ0) is 18.4. The van der Waals surface area contributed by atoms with Gasteiger partial charge < -0.3 is 4.74 Å². The molecule has 1 saturated heterocycles. The van der Waals surface area contributed by atoms with Crippen molar-refractivity contribution in [1.29, 1.82) is 0 Å². The largest absolute Gasteiger partial charge is 0.450 e. The normalized spacial score (nSPS) is 19.3. The van der Waals surface area contributed by atoms with Gasteiger partial charge in [-0.05, 0) is 30.2 Å². The first-order chi connectivity index (χ1) is 12.5. The van der Waals surface area contributed by atoms with Crippen molar-refractivity contribution in [2.24, 2.45) is 0 Å². The molecular formula is C20H21NO4S. The van der Waals surface area contributed by atoms with Crippen molar-refractivity contribution in [3.8, 4) is 0 Å². The van der Waals surface area contributed by atoms with Crippen LogP contribution in [0.4, 0.5) is 0 Å². The number of rotatable bonds is 3. The Hall–Kier alpha value is -2.18. The third kappa shape index (κ3) is 2.64. The fourth-order valence-corrected chi connectivity index (χ4v) is 5.29. The molecule has 2 aromatic carbocycles. The van der Waals surface area contributed by atoms with E-state index in [2.05, 4.69) is 0 Å². The van der Waals surface area contributed by atoms with Crippen LogP contribution in [0.1, 0.15) is 41.3 Å². The summed E-state index contributed by atoms with van der Waals surface area (Å²) >= 11 is 0. The molecule has 0 unspecified atom stereocenters. The summed E-state index contributed by atoms with van der Waals surface area (Å²) in [7, 11) is -3.53. The Balaban J connectivity index is 1.56. The number of carbonyl (C=O) groups excluding carboxylic acids is 1. The van der Waals surface area contributed by atoms with Crippen molar-refractivity contribution >= 4 is 16.0 Å². The number of carbonyl (C=O) groups is 1. The summed E-state index contributed by atoms with van der Waals surface area (Å²) in [6, 6.07) is 14.4. The van der Waals surface area contributed by atoms with Gasteiger partial charge in [-0.1, -0.05) is 37.3 Å². The maximum Gasteiger partial charge on any atom is 0.339 e. The molecule has 0 amide bonds. The van der Waals surface area contributed by atoms with Crippen LogP contribution in [0.25, 0.3) is 0 Å². The van der Waals surface area contributed by atoms with Gasteiger partial charge >= 0.3 is 5.97 Å². The maximum atomic E-state index is 12.9. The fourth-order valence-electron chi connectivity index (χ4n) is 3.85. The molecule has 0 N–H and O–H groups in total. The van der Waals surface area contributed by atoms with Gasteiger partial charge in [-0.3, -0.25) is 0 Å². The molecule has 1 spiro atoms. The second-order valence-corrected chi connectivity index (χ2v) is 8.77. The van der Waals surface area contributed by atoms with Gasteiger partial charge in [0.1, 0.15) is 5.60 Å². The number of hydrogen-bond acceptors (Lipinski definition) is 4. The Morgan fingerprint density at radius 3 is 2.35 bits per heavy atom. The van der Waals surface area contributed by atoms with Crippen LogP contribution < -0.4 is 0 Å². The number of nitrogens with zero attached hydrogens (tertiary/aromatic N) is 1. The van der Waals surface area contributed by atoms with Crippen LogP contribution in [-0.2, 0) is 26.8 Å². The number of esters is 1. The van der Waals surface area contributed by atoms with E-state index in [1.165, 1.54) is 4.31 Å². The van der Waals surface area contributed by atoms with Crippen LogP contribution in [-0.4, -0.2) is 31.8 Å². The Morgan fingerprint density at radius 2 is 1.69 bits per heavy atom. The first kappa shape index (κ1) is 17.2. The highest BCUT2D eigenvalue weighted by atomic mass is 32.2. The number of aryl methyl sites for hydroxylation is 1. The summed E-state index contributed by atoms with van der Waals surface area (Å²) < 4.78 is 33.0. The summed E-state index contributed by atoms with van der Waals surface area (Å²) in [5.41, 5.74) is 1.90. The molecule has 0 aromatic heterocycles. The molecule has 0 aliphatic carbocycles. The van der Waals surface area contributed by atoms with Crippen LogP contribution in [0.3, 0.4) is 0 Å². The zero-order valence-electron chi connectivity index (χ0n) is 14.6. The lowest BCUT2D eigenvalue weighted by atomic mass is 9.84. The average Bonchev–Trinajstić information content (AvgIpc) is 2.94. The Morgan fingerprint density at radius 1 is 1.04 bits per heavy atom. The molecule has 0 radical (unpaired) electrons. The highest BCUT2D eigenvalue weighted by molar-refractivity contribution is 7.89. The molecule has 2 aliphatic heterocycles. The molecule has 2 aliphatic rings. The SMILES string of the molecule is CCc1ccc(S(=O)(=O)N2CCC3(CC2)OC(=O)c2ccccc23)cc1. The second kappa shape index (κ2) is 6.21. The van der Waals surface area contributed by atoms with Crippen molar-refractivity contribution in [2.75, 3.05) is 13.1 Å². The molecule has 2 aromatic rings. The number of sulfonamides is 1. The monoisotopic (exact) mass is 371 g/mol. The molecule has 2 heterocycles. The molecule has 26 heavy (non-hydrogen) atoms. The van der Waals surface area contributed by atoms with E-state index >= 15 is 0 Å². The van der Waals surface area contributed by atoms with Crippen LogP contribution in [0.2, 0.25) is 0 Å². The van der Waals surface area contributed by atoms with E-state index in [-0.39, 0.29) is 5.97 Å². The molecule has 0 saturated carbocycles. The highest BCUT2D eigenvalue weighted by Crippen LogP contribution is 2.44. The highest BCUT2D eigenvalue weighted by Gasteiger charge is 2.48. The predicted molar refractivity (Wildman–Crippen MR) is 97.3 cm³/mol. The third-order valence-corrected chi connectivity index (χ3v) is 7.34. The van der Waals surface area contributed by atoms with Gasteiger partial charge in [-0.15, -0.1) is 0 Å². The third-order valence-electron chi connectivity index (χ3n) is 5.43. The minimum atomic E-state index is -3.53. The smallest absolute Gasteiger partial charge is 0.339 e. The van der Waals surface area contributed by atoms with E-state index in [0.29, 0.717) is 36.4 Å². The van der Waals surface area contributed by atoms with Gasteiger partial charge in [0, 0.05) is 31.5 Å². The van der Waals surface area contributed by atoms with Crippen molar-refractivity contribution in [3.05, 3.63) is 65.2 Å². The van der Waals surface area contributed by atoms with E-state index < -0.39 is 15.6 Å². The van der Waals surface area contributed by atoms with Gasteiger partial charge in [-0.2, -0.15) is 4.31 Å². The number of piperidine rings is 1. The van der Waals surface area contributed by atoms with Gasteiger partial charge in [-0.25, -0.2) is 13.2 Å². The molecule has 1 fully saturated rings. The van der Waals surface area contributed by atoms with E-state index in [4.69, 9.17) is 4.74 Å². The molecule has 6 heteroatoms. The summed E-state index contributed by atoms with van der Waals surface area (Å²) in [5.74, 6) is -0.313. The lowest BCUT2D eigenvalue weighted by molar-refractivity contribution is -0.0329. The summed E-state index contributed by atoms with van der Waals surface area (Å²) in [5, 5.41) is 0. The first-order valence-corrected chi connectivity index (χ1v) is 10.3. The topological polar surface area (TPSA) is 63.7 Å². The number of benzene rings is 2. The predicted octanol–water partition coefficient (Wildman–Crippen LogP) is 3.10. The number of fused-ring (bicyclic) bond motifs is 2. The molecule has 0 atom stereocenters. The van der Waals surface area contributed by atoms with Crippen molar-refractivity contribution in [3.63, 3.8) is 0 Å². The van der Waals surface area contributed by atoms with E-state index in [0.717, 1.165) is 17.5 Å². The Kier molecular flexibility index (Phi) is 4.12. The van der Waals surface area contributed by atoms with Gasteiger partial charge in [0.15, 0.2) is 0 Å². The minimum absolute atomic E-state index is 0.313. The Bertz CT molecular complexity index is 942. The number of ether oxygens (including phenoxy) is 1. The Labute approximate surface area is 153 Å². The van der Waals surface area contributed by atoms with Crippen LogP contribution in [0, 0.1) is 0 Å². The molecule has 136 valence electrons. The first-order valence-electron chi connectivity index (χ1n) is 8.88. The van der Waals surface area contributed by atoms with E-state index in [1.54, 1.807) is 18.2 Å². The van der Waals surface area contributed by atoms with Gasteiger partial charge in [0.25, 0.3) is 0 Å². The van der Waals surface area contributed by atoms with Crippen LogP contribution in [0.5, 0.6) is 0 Å². The molecule has 4 rings (SSSR count). The van der Waals surface area contributed by atoms with Crippen molar-refractivity contribution in [1.82, 2.24) is 4.31 Å². The lowest BCUT2D eigenvalue weighted by Gasteiger charge is -2.37. The summed E-state index contributed by atoms with van der Waals surface area (Å²) in [6.07, 6.45) is 1.82. The van der Waals surface area contributed by atoms with Crippen molar-refractivity contribution in [2.45, 2.75) is 36.7 Å². The molecular weight excluding hydrogens is 350 g/mol. The average molecular weight is 371 g/mol. The summed E-state index contributed by atoms with van der Waals surface area (Å²) in [4.78, 5) is 12.5. The lowest BCUT2D eigenvalue weighted by Crippen LogP contribution is -2.45. The fraction of sp³-hybridized carbons (Fsp3) is 0.350. The maximum absolute atomic E-state index is 12.9. The standard InChI is InChI=1S/C20H21NO4S/c1-2-15-7-9-16(10-8-15)26(23,24)21-13-11-20(12-14-21)18-6-4-3-5-17(18)19(22)25-20/h3-10H,2,11-14H2,1H3. The van der Waals surface area contributed by atoms with Gasteiger partial charge in [0.05, 0.1) is 10.5 Å².